The van der Waals surface area contributed by atoms with Gasteiger partial charge in [-0.15, -0.1) is 0 Å². The van der Waals surface area contributed by atoms with Crippen LogP contribution in [-0.2, 0) is 27.3 Å². The van der Waals surface area contributed by atoms with Gasteiger partial charge in [0.25, 0.3) is 17.0 Å². The Hall–Kier alpha value is -3.68. The van der Waals surface area contributed by atoms with Crippen LogP contribution in [0, 0.1) is 0 Å². The van der Waals surface area contributed by atoms with Gasteiger partial charge in [0.15, 0.2) is 6.61 Å². The molecule has 2 N–H and O–H groups in total. The fourth-order valence-corrected chi connectivity index (χ4v) is 2.70. The number of rotatable bonds is 6. The first-order valence-electron chi connectivity index (χ1n) is 8.74. The SMILES string of the molecule is CCc1ccc(NC(=O)COC(=O)Cn2[nH]c(=O)c3ccccc3c2=O)cc1. The van der Waals surface area contributed by atoms with Gasteiger partial charge in [-0.05, 0) is 36.2 Å². The van der Waals surface area contributed by atoms with Crippen molar-refractivity contribution in [3.63, 3.8) is 0 Å². The number of fused-ring (bicyclic) bond motifs is 1. The van der Waals surface area contributed by atoms with Crippen LogP contribution in [-0.4, -0.2) is 28.3 Å². The molecule has 0 fully saturated rings. The van der Waals surface area contributed by atoms with E-state index in [9.17, 15) is 19.2 Å². The van der Waals surface area contributed by atoms with Gasteiger partial charge in [-0.1, -0.05) is 31.2 Å². The van der Waals surface area contributed by atoms with Crippen molar-refractivity contribution in [3.05, 3.63) is 74.8 Å². The van der Waals surface area contributed by atoms with E-state index in [1.165, 1.54) is 12.1 Å². The summed E-state index contributed by atoms with van der Waals surface area (Å²) in [5.41, 5.74) is 0.719. The van der Waals surface area contributed by atoms with Gasteiger partial charge in [0.2, 0.25) is 0 Å². The lowest BCUT2D eigenvalue weighted by atomic mass is 10.1. The molecule has 8 heteroatoms. The number of anilines is 1. The first-order valence-corrected chi connectivity index (χ1v) is 8.74. The lowest BCUT2D eigenvalue weighted by molar-refractivity contribution is -0.148. The predicted molar refractivity (Wildman–Crippen MR) is 104 cm³/mol. The van der Waals surface area contributed by atoms with Gasteiger partial charge in [0.1, 0.15) is 6.54 Å². The number of aryl methyl sites for hydroxylation is 1. The number of carbonyl (C=O) groups is 2. The maximum atomic E-state index is 12.4. The molecule has 2 aromatic carbocycles. The van der Waals surface area contributed by atoms with Crippen LogP contribution < -0.4 is 16.4 Å². The molecular formula is C20H19N3O5. The van der Waals surface area contributed by atoms with Crippen LogP contribution in [0.1, 0.15) is 12.5 Å². The molecule has 28 heavy (non-hydrogen) atoms. The van der Waals surface area contributed by atoms with Crippen LogP contribution in [0.3, 0.4) is 0 Å². The monoisotopic (exact) mass is 381 g/mol. The fraction of sp³-hybridized carbons (Fsp3) is 0.200. The van der Waals surface area contributed by atoms with Gasteiger partial charge in [-0.3, -0.25) is 24.3 Å². The Labute approximate surface area is 159 Å². The molecule has 0 bridgehead atoms. The van der Waals surface area contributed by atoms with E-state index in [1.54, 1.807) is 24.3 Å². The summed E-state index contributed by atoms with van der Waals surface area (Å²) in [6, 6.07) is 13.6. The summed E-state index contributed by atoms with van der Waals surface area (Å²) in [5, 5.41) is 5.39. The molecule has 8 nitrogen and oxygen atoms in total. The third kappa shape index (κ3) is 4.35. The summed E-state index contributed by atoms with van der Waals surface area (Å²) in [6.07, 6.45) is 0.891. The van der Waals surface area contributed by atoms with E-state index < -0.39 is 36.1 Å². The van der Waals surface area contributed by atoms with Crippen LogP contribution >= 0.6 is 0 Å². The van der Waals surface area contributed by atoms with E-state index in [4.69, 9.17) is 4.74 Å². The molecule has 3 aromatic rings. The third-order valence-corrected chi connectivity index (χ3v) is 4.18. The number of H-pyrrole nitrogens is 1. The van der Waals surface area contributed by atoms with Crippen LogP contribution in [0.15, 0.2) is 58.1 Å². The first-order chi connectivity index (χ1) is 13.5. The van der Waals surface area contributed by atoms with E-state index in [1.807, 2.05) is 19.1 Å². The van der Waals surface area contributed by atoms with Crippen molar-refractivity contribution in [2.45, 2.75) is 19.9 Å². The minimum absolute atomic E-state index is 0.201. The molecular weight excluding hydrogens is 362 g/mol. The summed E-state index contributed by atoms with van der Waals surface area (Å²) in [7, 11) is 0. The van der Waals surface area contributed by atoms with Gasteiger partial charge in [0, 0.05) is 5.69 Å². The van der Waals surface area contributed by atoms with Crippen LogP contribution in [0.2, 0.25) is 0 Å². The molecule has 0 aliphatic heterocycles. The van der Waals surface area contributed by atoms with Crippen molar-refractivity contribution < 1.29 is 14.3 Å². The van der Waals surface area contributed by atoms with Crippen molar-refractivity contribution in [1.29, 1.82) is 0 Å². The number of nitrogens with zero attached hydrogens (tertiary/aromatic N) is 1. The minimum Gasteiger partial charge on any atom is -0.454 e. The number of carbonyl (C=O) groups excluding carboxylic acids is 2. The zero-order valence-electron chi connectivity index (χ0n) is 15.2. The molecule has 0 radical (unpaired) electrons. The smallest absolute Gasteiger partial charge is 0.328 e. The van der Waals surface area contributed by atoms with Crippen LogP contribution in [0.25, 0.3) is 10.8 Å². The van der Waals surface area contributed by atoms with Gasteiger partial charge < -0.3 is 10.1 Å². The maximum Gasteiger partial charge on any atom is 0.328 e. The highest BCUT2D eigenvalue weighted by Crippen LogP contribution is 2.09. The topological polar surface area (TPSA) is 110 Å². The normalized spacial score (nSPS) is 10.6. The van der Waals surface area contributed by atoms with E-state index in [0.717, 1.165) is 16.7 Å². The number of esters is 1. The van der Waals surface area contributed by atoms with Crippen molar-refractivity contribution in [1.82, 2.24) is 9.78 Å². The van der Waals surface area contributed by atoms with Gasteiger partial charge in [0.05, 0.1) is 10.8 Å². The number of amides is 1. The standard InChI is InChI=1S/C20H19N3O5/c1-2-13-7-9-14(10-8-13)21-17(24)12-28-18(25)11-23-20(27)16-6-4-3-5-15(16)19(26)22-23/h3-10H,2,11-12H2,1H3,(H,21,24)(H,22,26). The number of ether oxygens (including phenoxy) is 1. The number of nitrogens with one attached hydrogen (secondary N) is 2. The Morgan fingerprint density at radius 1 is 1.04 bits per heavy atom. The summed E-state index contributed by atoms with van der Waals surface area (Å²) in [6.45, 7) is 1.03. The molecule has 0 aliphatic carbocycles. The quantitative estimate of drug-likeness (QED) is 0.628. The molecule has 0 saturated carbocycles. The molecule has 0 atom stereocenters. The molecule has 0 saturated heterocycles. The second-order valence-electron chi connectivity index (χ2n) is 6.14. The van der Waals surface area contributed by atoms with Crippen molar-refractivity contribution in [2.24, 2.45) is 0 Å². The van der Waals surface area contributed by atoms with Gasteiger partial charge in [-0.25, -0.2) is 4.68 Å². The van der Waals surface area contributed by atoms with Crippen LogP contribution in [0.4, 0.5) is 5.69 Å². The molecule has 1 amide bonds. The molecule has 0 unspecified atom stereocenters. The van der Waals surface area contributed by atoms with Crippen molar-refractivity contribution in [3.8, 4) is 0 Å². The summed E-state index contributed by atoms with van der Waals surface area (Å²) in [5.74, 6) is -1.32. The van der Waals surface area contributed by atoms with Crippen molar-refractivity contribution in [2.75, 3.05) is 11.9 Å². The Morgan fingerprint density at radius 2 is 1.71 bits per heavy atom. The molecule has 0 spiro atoms. The summed E-state index contributed by atoms with van der Waals surface area (Å²) >= 11 is 0. The minimum atomic E-state index is -0.815. The zero-order valence-corrected chi connectivity index (χ0v) is 15.2. The van der Waals surface area contributed by atoms with Crippen molar-refractivity contribution >= 4 is 28.3 Å². The average Bonchev–Trinajstić information content (AvgIpc) is 2.71. The van der Waals surface area contributed by atoms with Crippen LogP contribution in [0.5, 0.6) is 0 Å². The Kier molecular flexibility index (Phi) is 5.69. The Bertz CT molecular complexity index is 1130. The molecule has 1 heterocycles. The largest absolute Gasteiger partial charge is 0.454 e. The van der Waals surface area contributed by atoms with E-state index in [2.05, 4.69) is 10.4 Å². The van der Waals surface area contributed by atoms with Gasteiger partial charge in [-0.2, -0.15) is 0 Å². The zero-order chi connectivity index (χ0) is 20.1. The first kappa shape index (κ1) is 19.1. The Balaban J connectivity index is 1.60. The fourth-order valence-electron chi connectivity index (χ4n) is 2.70. The molecule has 0 aliphatic rings. The lowest BCUT2D eigenvalue weighted by Crippen LogP contribution is -2.33. The molecule has 1 aromatic heterocycles. The molecule has 144 valence electrons. The Morgan fingerprint density at radius 3 is 2.39 bits per heavy atom. The number of aromatic amines is 1. The maximum absolute atomic E-state index is 12.4. The number of aromatic nitrogens is 2. The number of hydrogen-bond acceptors (Lipinski definition) is 5. The highest BCUT2D eigenvalue weighted by molar-refractivity contribution is 5.92. The highest BCUT2D eigenvalue weighted by Gasteiger charge is 2.12. The third-order valence-electron chi connectivity index (χ3n) is 4.18. The van der Waals surface area contributed by atoms with E-state index >= 15 is 0 Å². The van der Waals surface area contributed by atoms with E-state index in [-0.39, 0.29) is 10.8 Å². The predicted octanol–water partition coefficient (Wildman–Crippen LogP) is 1.43. The number of hydrogen-bond donors (Lipinski definition) is 2. The summed E-state index contributed by atoms with van der Waals surface area (Å²) in [4.78, 5) is 48.2. The number of benzene rings is 2. The molecule has 3 rings (SSSR count). The second-order valence-corrected chi connectivity index (χ2v) is 6.14. The summed E-state index contributed by atoms with van der Waals surface area (Å²) < 4.78 is 5.77. The highest BCUT2D eigenvalue weighted by atomic mass is 16.5. The second kappa shape index (κ2) is 8.34. The average molecular weight is 381 g/mol. The lowest BCUT2D eigenvalue weighted by Gasteiger charge is -2.09. The van der Waals surface area contributed by atoms with E-state index in [0.29, 0.717) is 5.69 Å². The van der Waals surface area contributed by atoms with Gasteiger partial charge >= 0.3 is 5.97 Å².